The third kappa shape index (κ3) is 4.10. The van der Waals surface area contributed by atoms with Crippen molar-refractivity contribution < 1.29 is 22.7 Å². The van der Waals surface area contributed by atoms with Crippen LogP contribution < -0.4 is 0 Å². The third-order valence-electron chi connectivity index (χ3n) is 3.15. The van der Waals surface area contributed by atoms with Gasteiger partial charge in [-0.1, -0.05) is 29.8 Å². The molecule has 118 valence electrons. The first-order valence-electron chi connectivity index (χ1n) is 6.65. The molecular weight excluding hydrogens is 307 g/mol. The van der Waals surface area contributed by atoms with E-state index < -0.39 is 18.2 Å². The molecule has 0 amide bonds. The molecule has 6 heteroatoms. The second-order valence-corrected chi connectivity index (χ2v) is 4.93. The smallest absolute Gasteiger partial charge is 0.429 e. The monoisotopic (exact) mass is 319 g/mol. The van der Waals surface area contributed by atoms with Crippen molar-refractivity contribution in [3.63, 3.8) is 0 Å². The summed E-state index contributed by atoms with van der Waals surface area (Å²) in [6, 6.07) is 12.6. The minimum Gasteiger partial charge on any atom is -0.444 e. The molecule has 2 aromatic rings. The number of nitriles is 1. The van der Waals surface area contributed by atoms with Crippen molar-refractivity contribution in [2.24, 2.45) is 0 Å². The Morgan fingerprint density at radius 3 is 2.13 bits per heavy atom. The molecule has 0 heterocycles. The van der Waals surface area contributed by atoms with E-state index in [1.165, 1.54) is 48.5 Å². The molecule has 0 radical (unpaired) electrons. The number of halogens is 3. The van der Waals surface area contributed by atoms with E-state index in [0.717, 1.165) is 5.56 Å². The molecule has 0 aliphatic heterocycles. The lowest BCUT2D eigenvalue weighted by atomic mass is 10.1. The van der Waals surface area contributed by atoms with Crippen LogP contribution in [0.3, 0.4) is 0 Å². The molecule has 1 atom stereocenters. The highest BCUT2D eigenvalue weighted by Crippen LogP contribution is 2.36. The average molecular weight is 319 g/mol. The molecule has 0 saturated heterocycles. The lowest BCUT2D eigenvalue weighted by molar-refractivity contribution is -0.207. The number of esters is 1. The van der Waals surface area contributed by atoms with Gasteiger partial charge in [0.25, 0.3) is 0 Å². The van der Waals surface area contributed by atoms with Crippen LogP contribution in [-0.4, -0.2) is 12.1 Å². The van der Waals surface area contributed by atoms with Gasteiger partial charge < -0.3 is 4.74 Å². The molecule has 2 aromatic carbocycles. The van der Waals surface area contributed by atoms with Crippen LogP contribution in [0.4, 0.5) is 13.2 Å². The van der Waals surface area contributed by atoms with Crippen molar-refractivity contribution in [3.8, 4) is 6.07 Å². The number of hydrogen-bond donors (Lipinski definition) is 0. The molecule has 0 fully saturated rings. The summed E-state index contributed by atoms with van der Waals surface area (Å²) < 4.78 is 44.2. The second kappa shape index (κ2) is 6.53. The van der Waals surface area contributed by atoms with Crippen molar-refractivity contribution in [2.75, 3.05) is 0 Å². The van der Waals surface area contributed by atoms with Crippen LogP contribution in [-0.2, 0) is 4.74 Å². The van der Waals surface area contributed by atoms with Crippen LogP contribution in [0.5, 0.6) is 0 Å². The molecule has 3 nitrogen and oxygen atoms in total. The van der Waals surface area contributed by atoms with Crippen LogP contribution in [0, 0.1) is 18.3 Å². The number of nitrogens with zero attached hydrogens (tertiary/aromatic N) is 1. The van der Waals surface area contributed by atoms with Gasteiger partial charge in [0.05, 0.1) is 17.2 Å². The Hall–Kier alpha value is -2.81. The van der Waals surface area contributed by atoms with Gasteiger partial charge in [0, 0.05) is 5.56 Å². The summed E-state index contributed by atoms with van der Waals surface area (Å²) in [6.45, 7) is 1.75. The fraction of sp³-hybridized carbons (Fsp3) is 0.176. The lowest BCUT2D eigenvalue weighted by Crippen LogP contribution is -2.26. The van der Waals surface area contributed by atoms with Crippen molar-refractivity contribution in [3.05, 3.63) is 70.8 Å². The highest BCUT2D eigenvalue weighted by Gasteiger charge is 2.44. The first-order chi connectivity index (χ1) is 10.8. The maximum Gasteiger partial charge on any atom is 0.429 e. The Labute approximate surface area is 130 Å². The third-order valence-corrected chi connectivity index (χ3v) is 3.15. The van der Waals surface area contributed by atoms with E-state index in [9.17, 15) is 18.0 Å². The van der Waals surface area contributed by atoms with Gasteiger partial charge in [-0.3, -0.25) is 0 Å². The van der Waals surface area contributed by atoms with Crippen molar-refractivity contribution >= 4 is 5.97 Å². The molecule has 0 aromatic heterocycles. The van der Waals surface area contributed by atoms with E-state index >= 15 is 0 Å². The van der Waals surface area contributed by atoms with E-state index in [1.54, 1.807) is 6.92 Å². The predicted molar refractivity (Wildman–Crippen MR) is 76.5 cm³/mol. The Bertz CT molecular complexity index is 728. The maximum absolute atomic E-state index is 13.2. The zero-order chi connectivity index (χ0) is 17.0. The molecule has 23 heavy (non-hydrogen) atoms. The highest BCUT2D eigenvalue weighted by molar-refractivity contribution is 5.89. The number of aryl methyl sites for hydroxylation is 1. The second-order valence-electron chi connectivity index (χ2n) is 4.93. The predicted octanol–water partition coefficient (Wildman–Crippen LogP) is 4.33. The summed E-state index contributed by atoms with van der Waals surface area (Å²) in [5, 5.41) is 8.68. The van der Waals surface area contributed by atoms with Gasteiger partial charge >= 0.3 is 12.1 Å². The molecular formula is C17H12F3NO2. The number of carbonyl (C=O) groups is 1. The largest absolute Gasteiger partial charge is 0.444 e. The SMILES string of the molecule is Cc1ccc(C(OC(=O)c2ccc(C#N)cc2)C(F)(F)F)cc1. The Balaban J connectivity index is 2.25. The van der Waals surface area contributed by atoms with E-state index in [1.807, 2.05) is 6.07 Å². The number of ether oxygens (including phenoxy) is 1. The minimum absolute atomic E-state index is 0.0506. The first kappa shape index (κ1) is 16.6. The standard InChI is InChI=1S/C17H12F3NO2/c1-11-2-6-13(7-3-11)15(17(18,19)20)23-16(22)14-8-4-12(10-21)5-9-14/h2-9,15H,1H3. The molecule has 0 spiro atoms. The molecule has 0 N–H and O–H groups in total. The van der Waals surface area contributed by atoms with Crippen LogP contribution in [0.25, 0.3) is 0 Å². The zero-order valence-electron chi connectivity index (χ0n) is 12.1. The fourth-order valence-electron chi connectivity index (χ4n) is 1.92. The molecule has 1 unspecified atom stereocenters. The van der Waals surface area contributed by atoms with Crippen molar-refractivity contribution in [2.45, 2.75) is 19.2 Å². The normalized spacial score (nSPS) is 12.3. The van der Waals surface area contributed by atoms with E-state index in [2.05, 4.69) is 4.74 Å². The Kier molecular flexibility index (Phi) is 4.70. The van der Waals surface area contributed by atoms with Gasteiger partial charge in [-0.2, -0.15) is 18.4 Å². The van der Waals surface area contributed by atoms with Crippen LogP contribution in [0.15, 0.2) is 48.5 Å². The summed E-state index contributed by atoms with van der Waals surface area (Å²) >= 11 is 0. The Morgan fingerprint density at radius 2 is 1.65 bits per heavy atom. The summed E-state index contributed by atoms with van der Waals surface area (Å²) in [7, 11) is 0. The number of hydrogen-bond acceptors (Lipinski definition) is 3. The molecule has 0 aliphatic rings. The molecule has 0 aliphatic carbocycles. The Morgan fingerprint density at radius 1 is 1.09 bits per heavy atom. The van der Waals surface area contributed by atoms with Gasteiger partial charge in [-0.05, 0) is 31.2 Å². The van der Waals surface area contributed by atoms with Crippen LogP contribution in [0.2, 0.25) is 0 Å². The molecule has 0 bridgehead atoms. The summed E-state index contributed by atoms with van der Waals surface area (Å²) in [4.78, 5) is 11.9. The molecule has 0 saturated carbocycles. The quantitative estimate of drug-likeness (QED) is 0.791. The zero-order valence-corrected chi connectivity index (χ0v) is 12.1. The summed E-state index contributed by atoms with van der Waals surface area (Å²) in [5.41, 5.74) is 0.899. The topological polar surface area (TPSA) is 50.1 Å². The summed E-state index contributed by atoms with van der Waals surface area (Å²) in [5.74, 6) is -1.10. The minimum atomic E-state index is -4.72. The van der Waals surface area contributed by atoms with Gasteiger partial charge in [-0.25, -0.2) is 4.79 Å². The van der Waals surface area contributed by atoms with Crippen LogP contribution in [0.1, 0.15) is 33.2 Å². The lowest BCUT2D eigenvalue weighted by Gasteiger charge is -2.21. The first-order valence-corrected chi connectivity index (χ1v) is 6.65. The molecule has 2 rings (SSSR count). The summed E-state index contributed by atoms with van der Waals surface area (Å²) in [6.07, 6.45) is -7.07. The van der Waals surface area contributed by atoms with Gasteiger partial charge in [0.1, 0.15) is 0 Å². The van der Waals surface area contributed by atoms with Gasteiger partial charge in [0.15, 0.2) is 0 Å². The average Bonchev–Trinajstić information content (AvgIpc) is 2.52. The van der Waals surface area contributed by atoms with Gasteiger partial charge in [-0.15, -0.1) is 0 Å². The van der Waals surface area contributed by atoms with Gasteiger partial charge in [0.2, 0.25) is 6.10 Å². The van der Waals surface area contributed by atoms with E-state index in [-0.39, 0.29) is 11.1 Å². The van der Waals surface area contributed by atoms with Crippen molar-refractivity contribution in [1.29, 1.82) is 5.26 Å². The van der Waals surface area contributed by atoms with Crippen molar-refractivity contribution in [1.82, 2.24) is 0 Å². The number of benzene rings is 2. The number of carbonyl (C=O) groups excluding carboxylic acids is 1. The number of rotatable bonds is 3. The van der Waals surface area contributed by atoms with E-state index in [0.29, 0.717) is 5.56 Å². The highest BCUT2D eigenvalue weighted by atomic mass is 19.4. The van der Waals surface area contributed by atoms with Crippen LogP contribution >= 0.6 is 0 Å². The number of alkyl halides is 3. The fourth-order valence-corrected chi connectivity index (χ4v) is 1.92. The van der Waals surface area contributed by atoms with E-state index in [4.69, 9.17) is 5.26 Å². The maximum atomic E-state index is 13.2.